The number of anilines is 1. The van der Waals surface area contributed by atoms with E-state index in [1.165, 1.54) is 12.1 Å². The Balaban J connectivity index is 1.24. The number of carbonyl (C=O) groups excluding carboxylic acids is 1. The number of halogens is 1. The second-order valence-corrected chi connectivity index (χ2v) is 8.57. The van der Waals surface area contributed by atoms with E-state index in [1.807, 2.05) is 54.6 Å². The van der Waals surface area contributed by atoms with Crippen LogP contribution in [0.25, 0.3) is 10.8 Å². The maximum atomic E-state index is 13.2. The molecule has 5 rings (SSSR count). The molecule has 6 heteroatoms. The molecule has 2 fully saturated rings. The highest BCUT2D eigenvalue weighted by atomic mass is 19.1. The van der Waals surface area contributed by atoms with Crippen molar-refractivity contribution >= 4 is 22.4 Å². The van der Waals surface area contributed by atoms with Crippen molar-refractivity contribution in [2.24, 2.45) is 0 Å². The molecule has 2 atom stereocenters. The molecule has 32 heavy (non-hydrogen) atoms. The molecular formula is C26H28FN3O2. The molecule has 1 unspecified atom stereocenters. The summed E-state index contributed by atoms with van der Waals surface area (Å²) in [5.74, 6) is -0.474. The number of fused-ring (bicyclic) bond motifs is 1. The molecule has 0 aromatic heterocycles. The summed E-state index contributed by atoms with van der Waals surface area (Å²) < 4.78 is 19.2. The fourth-order valence-electron chi connectivity index (χ4n) is 4.84. The van der Waals surface area contributed by atoms with Crippen LogP contribution in [-0.4, -0.2) is 62.3 Å². The molecule has 2 saturated heterocycles. The maximum Gasteiger partial charge on any atom is 0.338 e. The summed E-state index contributed by atoms with van der Waals surface area (Å²) in [6.07, 6.45) is 0.770. The van der Waals surface area contributed by atoms with E-state index >= 15 is 0 Å². The van der Waals surface area contributed by atoms with E-state index in [1.54, 1.807) is 0 Å². The van der Waals surface area contributed by atoms with Gasteiger partial charge in [-0.1, -0.05) is 30.3 Å². The summed E-state index contributed by atoms with van der Waals surface area (Å²) in [5.41, 5.74) is 1.64. The summed E-state index contributed by atoms with van der Waals surface area (Å²) in [5, 5.41) is 5.53. The highest BCUT2D eigenvalue weighted by Gasteiger charge is 2.34. The van der Waals surface area contributed by atoms with Crippen LogP contribution in [0, 0.1) is 5.82 Å². The number of carbonyl (C=O) groups is 1. The third kappa shape index (κ3) is 4.47. The Morgan fingerprint density at radius 2 is 1.69 bits per heavy atom. The molecule has 0 spiro atoms. The van der Waals surface area contributed by atoms with Crippen LogP contribution in [0.4, 0.5) is 10.1 Å². The first-order valence-corrected chi connectivity index (χ1v) is 11.3. The number of rotatable bonds is 4. The van der Waals surface area contributed by atoms with Crippen LogP contribution in [-0.2, 0) is 4.74 Å². The standard InChI is InChI=1S/C26H28FN3O2/c27-22-7-9-23(10-8-22)29-13-15-30(16-14-29)24-11-12-28-18-25(24)32-26(31)21-6-5-19-3-1-2-4-20(19)17-21/h1-10,17,24-25,28H,11-16,18H2/t24?,25-/m1/s1. The fraction of sp³-hybridized carbons (Fsp3) is 0.346. The Morgan fingerprint density at radius 1 is 0.938 bits per heavy atom. The van der Waals surface area contributed by atoms with E-state index in [-0.39, 0.29) is 23.9 Å². The van der Waals surface area contributed by atoms with Gasteiger partial charge in [0.25, 0.3) is 0 Å². The van der Waals surface area contributed by atoms with E-state index < -0.39 is 0 Å². The molecule has 2 heterocycles. The topological polar surface area (TPSA) is 44.8 Å². The van der Waals surface area contributed by atoms with Gasteiger partial charge in [-0.15, -0.1) is 0 Å². The first-order chi connectivity index (χ1) is 15.7. The monoisotopic (exact) mass is 433 g/mol. The van der Waals surface area contributed by atoms with Gasteiger partial charge in [0, 0.05) is 44.5 Å². The van der Waals surface area contributed by atoms with Crippen LogP contribution < -0.4 is 10.2 Å². The molecule has 2 aliphatic rings. The Bertz CT molecular complexity index is 1080. The van der Waals surface area contributed by atoms with Crippen molar-refractivity contribution in [1.29, 1.82) is 0 Å². The summed E-state index contributed by atoms with van der Waals surface area (Å²) >= 11 is 0. The number of nitrogens with zero attached hydrogens (tertiary/aromatic N) is 2. The zero-order valence-electron chi connectivity index (χ0n) is 18.0. The van der Waals surface area contributed by atoms with Crippen LogP contribution in [0.1, 0.15) is 16.8 Å². The van der Waals surface area contributed by atoms with Gasteiger partial charge in [0.1, 0.15) is 11.9 Å². The lowest BCUT2D eigenvalue weighted by atomic mass is 10.00. The highest BCUT2D eigenvalue weighted by molar-refractivity contribution is 5.95. The van der Waals surface area contributed by atoms with Gasteiger partial charge in [-0.05, 0) is 60.1 Å². The van der Waals surface area contributed by atoms with E-state index in [4.69, 9.17) is 4.74 Å². The van der Waals surface area contributed by atoms with E-state index in [2.05, 4.69) is 15.1 Å². The van der Waals surface area contributed by atoms with Crippen molar-refractivity contribution in [3.8, 4) is 0 Å². The minimum Gasteiger partial charge on any atom is -0.456 e. The first-order valence-electron chi connectivity index (χ1n) is 11.3. The first kappa shape index (κ1) is 20.9. The molecule has 1 N–H and O–H groups in total. The van der Waals surface area contributed by atoms with Gasteiger partial charge in [0.15, 0.2) is 0 Å². The van der Waals surface area contributed by atoms with Crippen LogP contribution in [0.5, 0.6) is 0 Å². The van der Waals surface area contributed by atoms with Crippen molar-refractivity contribution in [1.82, 2.24) is 10.2 Å². The quantitative estimate of drug-likeness (QED) is 0.636. The van der Waals surface area contributed by atoms with Crippen molar-refractivity contribution in [2.75, 3.05) is 44.2 Å². The van der Waals surface area contributed by atoms with Gasteiger partial charge >= 0.3 is 5.97 Å². The summed E-state index contributed by atoms with van der Waals surface area (Å²) in [6.45, 7) is 5.13. The van der Waals surface area contributed by atoms with Gasteiger partial charge in [-0.2, -0.15) is 0 Å². The molecular weight excluding hydrogens is 405 g/mol. The molecule has 3 aromatic rings. The average Bonchev–Trinajstić information content (AvgIpc) is 2.85. The van der Waals surface area contributed by atoms with Gasteiger partial charge in [-0.3, -0.25) is 4.90 Å². The van der Waals surface area contributed by atoms with Crippen LogP contribution >= 0.6 is 0 Å². The maximum absolute atomic E-state index is 13.2. The highest BCUT2D eigenvalue weighted by Crippen LogP contribution is 2.23. The fourth-order valence-corrected chi connectivity index (χ4v) is 4.84. The van der Waals surface area contributed by atoms with Crippen molar-refractivity contribution in [2.45, 2.75) is 18.6 Å². The molecule has 0 aliphatic carbocycles. The number of benzene rings is 3. The Kier molecular flexibility index (Phi) is 6.06. The number of piperazine rings is 1. The molecule has 3 aromatic carbocycles. The smallest absolute Gasteiger partial charge is 0.338 e. The van der Waals surface area contributed by atoms with E-state index in [0.29, 0.717) is 12.1 Å². The van der Waals surface area contributed by atoms with Crippen LogP contribution in [0.15, 0.2) is 66.7 Å². The predicted molar refractivity (Wildman–Crippen MR) is 125 cm³/mol. The van der Waals surface area contributed by atoms with Gasteiger partial charge in [-0.25, -0.2) is 9.18 Å². The molecule has 166 valence electrons. The molecule has 0 bridgehead atoms. The lowest BCUT2D eigenvalue weighted by Crippen LogP contribution is -2.59. The molecule has 0 amide bonds. The average molecular weight is 434 g/mol. The predicted octanol–water partition coefficient (Wildman–Crippen LogP) is 3.69. The second kappa shape index (κ2) is 9.27. The largest absolute Gasteiger partial charge is 0.456 e. The van der Waals surface area contributed by atoms with E-state index in [9.17, 15) is 9.18 Å². The van der Waals surface area contributed by atoms with Crippen molar-refractivity contribution in [3.05, 3.63) is 78.1 Å². The molecule has 0 saturated carbocycles. The zero-order valence-corrected chi connectivity index (χ0v) is 18.0. The van der Waals surface area contributed by atoms with E-state index in [0.717, 1.165) is 55.6 Å². The Hall–Kier alpha value is -2.96. The number of esters is 1. The van der Waals surface area contributed by atoms with Crippen LogP contribution in [0.3, 0.4) is 0 Å². The van der Waals surface area contributed by atoms with Gasteiger partial charge < -0.3 is 15.0 Å². The minimum absolute atomic E-state index is 0.180. The summed E-state index contributed by atoms with van der Waals surface area (Å²) in [7, 11) is 0. The zero-order chi connectivity index (χ0) is 21.9. The number of hydrogen-bond acceptors (Lipinski definition) is 5. The van der Waals surface area contributed by atoms with Crippen molar-refractivity contribution in [3.63, 3.8) is 0 Å². The second-order valence-electron chi connectivity index (χ2n) is 8.57. The summed E-state index contributed by atoms with van der Waals surface area (Å²) in [6, 6.07) is 20.6. The lowest BCUT2D eigenvalue weighted by molar-refractivity contribution is -0.0131. The number of ether oxygens (including phenoxy) is 1. The third-order valence-electron chi connectivity index (χ3n) is 6.61. The Morgan fingerprint density at radius 3 is 2.47 bits per heavy atom. The summed E-state index contributed by atoms with van der Waals surface area (Å²) in [4.78, 5) is 17.7. The Labute approximate surface area is 187 Å². The molecule has 0 radical (unpaired) electrons. The van der Waals surface area contributed by atoms with Crippen LogP contribution in [0.2, 0.25) is 0 Å². The number of hydrogen-bond donors (Lipinski definition) is 1. The van der Waals surface area contributed by atoms with Crippen molar-refractivity contribution < 1.29 is 13.9 Å². The molecule has 5 nitrogen and oxygen atoms in total. The number of nitrogens with one attached hydrogen (secondary N) is 1. The normalized spacial score (nSPS) is 22.1. The lowest BCUT2D eigenvalue weighted by Gasteiger charge is -2.44. The van der Waals surface area contributed by atoms with Gasteiger partial charge in [0.2, 0.25) is 0 Å². The SMILES string of the molecule is O=C(O[C@@H]1CNCCC1N1CCN(c2ccc(F)cc2)CC1)c1ccc2ccccc2c1. The van der Waals surface area contributed by atoms with Gasteiger partial charge in [0.05, 0.1) is 5.56 Å². The third-order valence-corrected chi connectivity index (χ3v) is 6.61. The molecule has 2 aliphatic heterocycles. The minimum atomic E-state index is -0.264. The number of piperidine rings is 1.